The van der Waals surface area contributed by atoms with Crippen LogP contribution in [-0.2, 0) is 4.79 Å². The zero-order valence-electron chi connectivity index (χ0n) is 10.6. The van der Waals surface area contributed by atoms with E-state index in [9.17, 15) is 27.2 Å². The van der Waals surface area contributed by atoms with Gasteiger partial charge in [0.25, 0.3) is 5.91 Å². The van der Waals surface area contributed by atoms with Crippen LogP contribution >= 0.6 is 0 Å². The van der Waals surface area contributed by atoms with Crippen LogP contribution in [0.5, 0.6) is 0 Å². The Hall–Kier alpha value is -2.16. The third kappa shape index (κ3) is 4.42. The number of alkyl halides is 4. The summed E-state index contributed by atoms with van der Waals surface area (Å²) in [4.78, 5) is 22.4. The van der Waals surface area contributed by atoms with Gasteiger partial charge < -0.3 is 15.7 Å². The van der Waals surface area contributed by atoms with Gasteiger partial charge >= 0.3 is 18.3 Å². The molecule has 1 aromatic carbocycles. The molecule has 0 saturated heterocycles. The van der Waals surface area contributed by atoms with E-state index in [4.69, 9.17) is 5.11 Å². The van der Waals surface area contributed by atoms with Crippen molar-refractivity contribution in [2.75, 3.05) is 18.5 Å². The first kappa shape index (κ1) is 16.9. The van der Waals surface area contributed by atoms with Crippen molar-refractivity contribution >= 4 is 17.5 Å². The van der Waals surface area contributed by atoms with Crippen molar-refractivity contribution in [3.63, 3.8) is 0 Å². The second-order valence-corrected chi connectivity index (χ2v) is 3.93. The largest absolute Gasteiger partial charge is 0.395 e. The average molecular weight is 308 g/mol. The van der Waals surface area contributed by atoms with Crippen LogP contribution in [-0.4, -0.2) is 42.4 Å². The molecule has 0 aliphatic rings. The van der Waals surface area contributed by atoms with Crippen LogP contribution in [0.15, 0.2) is 24.3 Å². The number of rotatable bonds is 6. The maximum Gasteiger partial charge on any atom is 0.383 e. The van der Waals surface area contributed by atoms with Crippen LogP contribution in [0.2, 0.25) is 0 Å². The summed E-state index contributed by atoms with van der Waals surface area (Å²) in [5.74, 6) is -7.44. The first-order chi connectivity index (χ1) is 9.78. The average Bonchev–Trinajstić information content (AvgIpc) is 2.45. The van der Waals surface area contributed by atoms with Gasteiger partial charge in [-0.1, -0.05) is 0 Å². The number of hydrogen-bond donors (Lipinski definition) is 3. The monoisotopic (exact) mass is 308 g/mol. The third-order valence-corrected chi connectivity index (χ3v) is 2.38. The van der Waals surface area contributed by atoms with Crippen molar-refractivity contribution in [1.29, 1.82) is 0 Å². The van der Waals surface area contributed by atoms with E-state index < -0.39 is 24.2 Å². The summed E-state index contributed by atoms with van der Waals surface area (Å²) in [6.45, 7) is -0.208. The van der Waals surface area contributed by atoms with Gasteiger partial charge in [-0.15, -0.1) is 0 Å². The van der Waals surface area contributed by atoms with Crippen LogP contribution in [0.3, 0.4) is 0 Å². The number of aliphatic hydroxyl groups excluding tert-OH is 1. The van der Waals surface area contributed by atoms with E-state index in [0.717, 1.165) is 12.1 Å². The summed E-state index contributed by atoms with van der Waals surface area (Å²) in [5.41, 5.74) is 0.00102. The fourth-order valence-electron chi connectivity index (χ4n) is 1.29. The SMILES string of the molecule is O=C(NCCO)c1ccc(NC(=O)C(F)(F)C(F)F)cc1. The zero-order chi connectivity index (χ0) is 16.0. The Morgan fingerprint density at radius 2 is 1.76 bits per heavy atom. The summed E-state index contributed by atoms with van der Waals surface area (Å²) in [7, 11) is 0. The summed E-state index contributed by atoms with van der Waals surface area (Å²) in [5, 5.41) is 12.5. The molecule has 2 amide bonds. The first-order valence-electron chi connectivity index (χ1n) is 5.75. The fraction of sp³-hybridized carbons (Fsp3) is 0.333. The van der Waals surface area contributed by atoms with Crippen molar-refractivity contribution in [3.05, 3.63) is 29.8 Å². The number of carbonyl (C=O) groups excluding carboxylic acids is 2. The number of hydrogen-bond acceptors (Lipinski definition) is 3. The van der Waals surface area contributed by atoms with E-state index in [-0.39, 0.29) is 24.4 Å². The molecule has 0 fully saturated rings. The van der Waals surface area contributed by atoms with Gasteiger partial charge in [-0.05, 0) is 24.3 Å². The highest BCUT2D eigenvalue weighted by Gasteiger charge is 2.48. The third-order valence-electron chi connectivity index (χ3n) is 2.38. The van der Waals surface area contributed by atoms with E-state index in [1.165, 1.54) is 12.1 Å². The van der Waals surface area contributed by atoms with Crippen molar-refractivity contribution in [2.45, 2.75) is 12.3 Å². The minimum Gasteiger partial charge on any atom is -0.395 e. The number of carbonyl (C=O) groups is 2. The Balaban J connectivity index is 2.71. The lowest BCUT2D eigenvalue weighted by Crippen LogP contribution is -2.40. The number of amides is 2. The van der Waals surface area contributed by atoms with Crippen molar-refractivity contribution < 1.29 is 32.3 Å². The lowest BCUT2D eigenvalue weighted by molar-refractivity contribution is -0.163. The zero-order valence-corrected chi connectivity index (χ0v) is 10.6. The molecule has 0 radical (unpaired) electrons. The van der Waals surface area contributed by atoms with Crippen LogP contribution in [0, 0.1) is 0 Å². The van der Waals surface area contributed by atoms with Crippen LogP contribution < -0.4 is 10.6 Å². The van der Waals surface area contributed by atoms with Crippen molar-refractivity contribution in [3.8, 4) is 0 Å². The molecule has 116 valence electrons. The summed E-state index contributed by atoms with van der Waals surface area (Å²) in [6, 6.07) is 4.66. The Morgan fingerprint density at radius 3 is 2.24 bits per heavy atom. The molecular formula is C12H12F4N2O3. The maximum atomic E-state index is 12.7. The molecule has 0 unspecified atom stereocenters. The second-order valence-electron chi connectivity index (χ2n) is 3.93. The van der Waals surface area contributed by atoms with Gasteiger partial charge in [0.05, 0.1) is 6.61 Å². The van der Waals surface area contributed by atoms with Gasteiger partial charge in [-0.2, -0.15) is 8.78 Å². The summed E-state index contributed by atoms with van der Waals surface area (Å²) in [6.07, 6.45) is -4.11. The van der Waals surface area contributed by atoms with Crippen LogP contribution in [0.25, 0.3) is 0 Å². The highest BCUT2D eigenvalue weighted by atomic mass is 19.3. The number of anilines is 1. The predicted molar refractivity (Wildman–Crippen MR) is 65.4 cm³/mol. The number of nitrogens with one attached hydrogen (secondary N) is 2. The second kappa shape index (κ2) is 7.02. The molecule has 1 aromatic rings. The van der Waals surface area contributed by atoms with Gasteiger partial charge in [0.2, 0.25) is 0 Å². The topological polar surface area (TPSA) is 78.4 Å². The van der Waals surface area contributed by atoms with Crippen LogP contribution in [0.1, 0.15) is 10.4 Å². The smallest absolute Gasteiger partial charge is 0.383 e. The Morgan fingerprint density at radius 1 is 1.19 bits per heavy atom. The Labute approximate surface area is 117 Å². The van der Waals surface area contributed by atoms with E-state index in [1.54, 1.807) is 5.32 Å². The molecule has 0 bridgehead atoms. The molecule has 0 heterocycles. The molecule has 1 rings (SSSR count). The normalized spacial score (nSPS) is 11.3. The highest BCUT2D eigenvalue weighted by Crippen LogP contribution is 2.24. The molecule has 3 N–H and O–H groups in total. The summed E-state index contributed by atoms with van der Waals surface area (Å²) < 4.78 is 49.4. The minimum absolute atomic E-state index is 0.0396. The molecular weight excluding hydrogens is 296 g/mol. The van der Waals surface area contributed by atoms with Gasteiger partial charge in [0.1, 0.15) is 0 Å². The molecule has 0 aliphatic heterocycles. The molecule has 0 atom stereocenters. The van der Waals surface area contributed by atoms with E-state index in [2.05, 4.69) is 5.32 Å². The van der Waals surface area contributed by atoms with E-state index in [1.807, 2.05) is 0 Å². The number of aliphatic hydroxyl groups is 1. The van der Waals surface area contributed by atoms with Crippen LogP contribution in [0.4, 0.5) is 23.2 Å². The maximum absolute atomic E-state index is 12.7. The van der Waals surface area contributed by atoms with E-state index in [0.29, 0.717) is 0 Å². The molecule has 21 heavy (non-hydrogen) atoms. The molecule has 0 aromatic heterocycles. The molecule has 9 heteroatoms. The lowest BCUT2D eigenvalue weighted by Gasteiger charge is -2.14. The fourth-order valence-corrected chi connectivity index (χ4v) is 1.29. The summed E-state index contributed by atoms with van der Waals surface area (Å²) >= 11 is 0. The van der Waals surface area contributed by atoms with Gasteiger partial charge in [0, 0.05) is 17.8 Å². The van der Waals surface area contributed by atoms with Gasteiger partial charge in [-0.3, -0.25) is 9.59 Å². The molecule has 0 aliphatic carbocycles. The standard InChI is InChI=1S/C12H12F4N2O3/c13-10(14)12(15,16)11(21)18-8-3-1-7(2-4-8)9(20)17-5-6-19/h1-4,10,19H,5-6H2,(H,17,20)(H,18,21). The molecule has 0 spiro atoms. The molecule has 0 saturated carbocycles. The Kier molecular flexibility index (Phi) is 5.65. The predicted octanol–water partition coefficient (Wildman–Crippen LogP) is 1.25. The first-order valence-corrected chi connectivity index (χ1v) is 5.75. The lowest BCUT2D eigenvalue weighted by atomic mass is 10.2. The highest BCUT2D eigenvalue weighted by molar-refractivity contribution is 5.98. The van der Waals surface area contributed by atoms with E-state index >= 15 is 0 Å². The quantitative estimate of drug-likeness (QED) is 0.692. The molecule has 5 nitrogen and oxygen atoms in total. The van der Waals surface area contributed by atoms with Crippen molar-refractivity contribution in [1.82, 2.24) is 5.32 Å². The van der Waals surface area contributed by atoms with Gasteiger partial charge in [-0.25, -0.2) is 8.78 Å². The number of benzene rings is 1. The number of halogens is 4. The van der Waals surface area contributed by atoms with Gasteiger partial charge in [0.15, 0.2) is 0 Å². The Bertz CT molecular complexity index is 506. The van der Waals surface area contributed by atoms with Crippen molar-refractivity contribution in [2.24, 2.45) is 0 Å². The minimum atomic E-state index is -4.79.